The number of hydrogen-bond acceptors (Lipinski definition) is 4. The van der Waals surface area contributed by atoms with E-state index in [9.17, 15) is 14.0 Å². The summed E-state index contributed by atoms with van der Waals surface area (Å²) in [5.74, 6) is -1.22. The van der Waals surface area contributed by atoms with E-state index in [1.54, 1.807) is 12.1 Å². The largest absolute Gasteiger partial charge is 0.451 e. The highest BCUT2D eigenvalue weighted by molar-refractivity contribution is 7.20. The summed E-state index contributed by atoms with van der Waals surface area (Å²) in [6.07, 6.45) is 3.05. The fourth-order valence-electron chi connectivity index (χ4n) is 1.97. The maximum Gasteiger partial charge on any atom is 0.348 e. The number of thiophene rings is 1. The number of ether oxygens (including phenoxy) is 1. The second-order valence-corrected chi connectivity index (χ2v) is 6.01. The average Bonchev–Trinajstić information content (AvgIpc) is 2.92. The molecule has 0 bridgehead atoms. The molecule has 1 heterocycles. The molecule has 118 valence electrons. The molecule has 0 aliphatic rings. The molecule has 0 aliphatic heterocycles. The minimum atomic E-state index is -0.565. The lowest BCUT2D eigenvalue weighted by molar-refractivity contribution is -0.124. The zero-order valence-electron chi connectivity index (χ0n) is 12.4. The molecule has 1 N–H and O–H groups in total. The quantitative estimate of drug-likeness (QED) is 0.627. The molecule has 22 heavy (non-hydrogen) atoms. The number of amides is 1. The van der Waals surface area contributed by atoms with Gasteiger partial charge in [0.2, 0.25) is 0 Å². The molecule has 1 aromatic heterocycles. The highest BCUT2D eigenvalue weighted by atomic mass is 32.1. The van der Waals surface area contributed by atoms with Crippen LogP contribution in [0.15, 0.2) is 24.3 Å². The Hall–Kier alpha value is -1.95. The van der Waals surface area contributed by atoms with Gasteiger partial charge in [-0.3, -0.25) is 4.79 Å². The predicted octanol–water partition coefficient (Wildman–Crippen LogP) is 3.50. The lowest BCUT2D eigenvalue weighted by Crippen LogP contribution is -2.29. The number of unbranched alkanes of at least 4 members (excludes halogenated alkanes) is 2. The van der Waals surface area contributed by atoms with Crippen LogP contribution in [0.3, 0.4) is 0 Å². The Labute approximate surface area is 132 Å². The summed E-state index contributed by atoms with van der Waals surface area (Å²) >= 11 is 1.22. The van der Waals surface area contributed by atoms with Crippen molar-refractivity contribution in [3.63, 3.8) is 0 Å². The van der Waals surface area contributed by atoms with E-state index < -0.39 is 5.97 Å². The Morgan fingerprint density at radius 1 is 1.27 bits per heavy atom. The fourth-order valence-corrected chi connectivity index (χ4v) is 2.91. The van der Waals surface area contributed by atoms with Crippen molar-refractivity contribution in [2.45, 2.75) is 26.2 Å². The molecule has 0 atom stereocenters. The SMILES string of the molecule is CCCCCNC(=O)COC(=O)c1cc2cc(F)ccc2s1. The molecule has 6 heteroatoms. The first-order chi connectivity index (χ1) is 10.6. The number of carbonyl (C=O) groups is 2. The number of rotatable bonds is 7. The van der Waals surface area contributed by atoms with E-state index in [4.69, 9.17) is 4.74 Å². The van der Waals surface area contributed by atoms with Crippen molar-refractivity contribution in [1.29, 1.82) is 0 Å². The van der Waals surface area contributed by atoms with Crippen LogP contribution in [0.5, 0.6) is 0 Å². The van der Waals surface area contributed by atoms with E-state index >= 15 is 0 Å². The van der Waals surface area contributed by atoms with Crippen molar-refractivity contribution < 1.29 is 18.7 Å². The van der Waals surface area contributed by atoms with Gasteiger partial charge in [-0.25, -0.2) is 9.18 Å². The summed E-state index contributed by atoms with van der Waals surface area (Å²) in [6.45, 7) is 2.38. The van der Waals surface area contributed by atoms with Gasteiger partial charge in [-0.15, -0.1) is 11.3 Å². The molecule has 2 rings (SSSR count). The summed E-state index contributed by atoms with van der Waals surface area (Å²) in [5, 5.41) is 3.35. The summed E-state index contributed by atoms with van der Waals surface area (Å²) in [7, 11) is 0. The summed E-state index contributed by atoms with van der Waals surface area (Å²) in [5.41, 5.74) is 0. The van der Waals surface area contributed by atoms with Crippen LogP contribution in [0.1, 0.15) is 35.9 Å². The van der Waals surface area contributed by atoms with Crippen molar-refractivity contribution in [2.24, 2.45) is 0 Å². The monoisotopic (exact) mass is 323 g/mol. The molecule has 2 aromatic rings. The summed E-state index contributed by atoms with van der Waals surface area (Å²) in [4.78, 5) is 23.8. The zero-order chi connectivity index (χ0) is 15.9. The van der Waals surface area contributed by atoms with E-state index in [0.29, 0.717) is 16.8 Å². The minimum absolute atomic E-state index is 0.298. The minimum Gasteiger partial charge on any atom is -0.451 e. The Balaban J connectivity index is 1.84. The highest BCUT2D eigenvalue weighted by Gasteiger charge is 2.13. The maximum absolute atomic E-state index is 13.1. The van der Waals surface area contributed by atoms with E-state index in [1.165, 1.54) is 23.5 Å². The Kier molecular flexibility index (Phi) is 5.89. The normalized spacial score (nSPS) is 10.6. The standard InChI is InChI=1S/C16H18FNO3S/c1-2-3-4-7-18-15(19)10-21-16(20)14-9-11-8-12(17)5-6-13(11)22-14/h5-6,8-9H,2-4,7,10H2,1H3,(H,18,19). The van der Waals surface area contributed by atoms with E-state index in [-0.39, 0.29) is 18.3 Å². The Morgan fingerprint density at radius 2 is 2.09 bits per heavy atom. The average molecular weight is 323 g/mol. The van der Waals surface area contributed by atoms with Crippen LogP contribution in [-0.4, -0.2) is 25.0 Å². The van der Waals surface area contributed by atoms with Gasteiger partial charge in [0.1, 0.15) is 10.7 Å². The number of nitrogens with one attached hydrogen (secondary N) is 1. The number of benzene rings is 1. The molecule has 1 aromatic carbocycles. The first-order valence-electron chi connectivity index (χ1n) is 7.23. The van der Waals surface area contributed by atoms with E-state index in [0.717, 1.165) is 24.0 Å². The molecule has 1 amide bonds. The van der Waals surface area contributed by atoms with Crippen LogP contribution in [0, 0.1) is 5.82 Å². The molecule has 0 saturated heterocycles. The highest BCUT2D eigenvalue weighted by Crippen LogP contribution is 2.26. The van der Waals surface area contributed by atoms with Crippen LogP contribution in [0.4, 0.5) is 4.39 Å². The molecular formula is C16H18FNO3S. The number of carbonyl (C=O) groups excluding carboxylic acids is 2. The van der Waals surface area contributed by atoms with Gasteiger partial charge in [0.25, 0.3) is 5.91 Å². The number of fused-ring (bicyclic) bond motifs is 1. The van der Waals surface area contributed by atoms with Crippen LogP contribution in [0.25, 0.3) is 10.1 Å². The van der Waals surface area contributed by atoms with Gasteiger partial charge in [0.05, 0.1) is 0 Å². The van der Waals surface area contributed by atoms with E-state index in [1.807, 2.05) is 0 Å². The second kappa shape index (κ2) is 7.89. The Bertz CT molecular complexity index is 668. The third kappa shape index (κ3) is 4.53. The Morgan fingerprint density at radius 3 is 2.86 bits per heavy atom. The molecule has 0 radical (unpaired) electrons. The molecule has 0 fully saturated rings. The van der Waals surface area contributed by atoms with Crippen molar-refractivity contribution in [1.82, 2.24) is 5.32 Å². The number of halogens is 1. The van der Waals surface area contributed by atoms with Crippen LogP contribution < -0.4 is 5.32 Å². The van der Waals surface area contributed by atoms with Crippen molar-refractivity contribution in [3.8, 4) is 0 Å². The number of esters is 1. The van der Waals surface area contributed by atoms with Crippen molar-refractivity contribution in [2.75, 3.05) is 13.2 Å². The van der Waals surface area contributed by atoms with Gasteiger partial charge < -0.3 is 10.1 Å². The van der Waals surface area contributed by atoms with Gasteiger partial charge >= 0.3 is 5.97 Å². The van der Waals surface area contributed by atoms with Gasteiger partial charge in [-0.05, 0) is 36.1 Å². The van der Waals surface area contributed by atoms with Gasteiger partial charge in [0, 0.05) is 11.2 Å². The molecule has 0 saturated carbocycles. The lowest BCUT2D eigenvalue weighted by Gasteiger charge is -2.05. The predicted molar refractivity (Wildman–Crippen MR) is 84.6 cm³/mol. The van der Waals surface area contributed by atoms with Crippen LogP contribution >= 0.6 is 11.3 Å². The third-order valence-electron chi connectivity index (χ3n) is 3.12. The van der Waals surface area contributed by atoms with Crippen LogP contribution in [0.2, 0.25) is 0 Å². The van der Waals surface area contributed by atoms with Crippen molar-refractivity contribution >= 4 is 33.3 Å². The van der Waals surface area contributed by atoms with E-state index in [2.05, 4.69) is 12.2 Å². The van der Waals surface area contributed by atoms with Gasteiger partial charge in [0.15, 0.2) is 6.61 Å². The summed E-state index contributed by atoms with van der Waals surface area (Å²) < 4.78 is 18.9. The lowest BCUT2D eigenvalue weighted by atomic mass is 10.2. The maximum atomic E-state index is 13.1. The van der Waals surface area contributed by atoms with Gasteiger partial charge in [-0.1, -0.05) is 19.8 Å². The number of hydrogen-bond donors (Lipinski definition) is 1. The van der Waals surface area contributed by atoms with Crippen LogP contribution in [-0.2, 0) is 9.53 Å². The smallest absolute Gasteiger partial charge is 0.348 e. The summed E-state index contributed by atoms with van der Waals surface area (Å²) in [6, 6.07) is 5.90. The molecule has 4 nitrogen and oxygen atoms in total. The molecular weight excluding hydrogens is 305 g/mol. The third-order valence-corrected chi connectivity index (χ3v) is 4.21. The topological polar surface area (TPSA) is 55.4 Å². The first-order valence-corrected chi connectivity index (χ1v) is 8.04. The molecule has 0 spiro atoms. The second-order valence-electron chi connectivity index (χ2n) is 4.93. The van der Waals surface area contributed by atoms with Gasteiger partial charge in [-0.2, -0.15) is 0 Å². The van der Waals surface area contributed by atoms with Crippen molar-refractivity contribution in [3.05, 3.63) is 35.0 Å². The fraction of sp³-hybridized carbons (Fsp3) is 0.375. The zero-order valence-corrected chi connectivity index (χ0v) is 13.2. The first kappa shape index (κ1) is 16.4. The molecule has 0 unspecified atom stereocenters. The molecule has 0 aliphatic carbocycles.